The Morgan fingerprint density at radius 3 is 1.22 bits per heavy atom. The van der Waals surface area contributed by atoms with Crippen LogP contribution in [0.3, 0.4) is 0 Å². The fourth-order valence-electron chi connectivity index (χ4n) is 2.98. The standard InChI is InChI=1S/2C9H16/c2*1-7-4-5-8(2)9(3)6-7/h2*7-8H,3-6H2,1-2H3. The van der Waals surface area contributed by atoms with Crippen molar-refractivity contribution >= 4 is 0 Å². The predicted molar refractivity (Wildman–Crippen MR) is 82.6 cm³/mol. The van der Waals surface area contributed by atoms with Crippen LogP contribution in [0, 0.1) is 23.7 Å². The highest BCUT2D eigenvalue weighted by atomic mass is 14.2. The van der Waals surface area contributed by atoms with E-state index in [1.54, 1.807) is 0 Å². The minimum atomic E-state index is 0.793. The molecular formula is C18H32. The zero-order valence-corrected chi connectivity index (χ0v) is 13.0. The zero-order valence-electron chi connectivity index (χ0n) is 13.0. The molecule has 0 bridgehead atoms. The first-order valence-electron chi connectivity index (χ1n) is 7.75. The van der Waals surface area contributed by atoms with Crippen LogP contribution in [0.1, 0.15) is 66.2 Å². The molecule has 4 atom stereocenters. The van der Waals surface area contributed by atoms with Gasteiger partial charge in [0.15, 0.2) is 0 Å². The molecule has 0 heteroatoms. The van der Waals surface area contributed by atoms with Crippen molar-refractivity contribution in [1.82, 2.24) is 0 Å². The van der Waals surface area contributed by atoms with Gasteiger partial charge in [-0.2, -0.15) is 0 Å². The molecule has 0 aromatic heterocycles. The predicted octanol–water partition coefficient (Wildman–Crippen LogP) is 6.00. The summed E-state index contributed by atoms with van der Waals surface area (Å²) in [6.45, 7) is 17.3. The molecule has 2 fully saturated rings. The van der Waals surface area contributed by atoms with Crippen LogP contribution in [0.2, 0.25) is 0 Å². The van der Waals surface area contributed by atoms with Crippen molar-refractivity contribution in [2.45, 2.75) is 66.2 Å². The monoisotopic (exact) mass is 248 g/mol. The van der Waals surface area contributed by atoms with Crippen molar-refractivity contribution < 1.29 is 0 Å². The lowest BCUT2D eigenvalue weighted by atomic mass is 9.81. The number of hydrogen-bond donors (Lipinski definition) is 0. The maximum absolute atomic E-state index is 4.05. The van der Waals surface area contributed by atoms with Crippen LogP contribution in [-0.2, 0) is 0 Å². The van der Waals surface area contributed by atoms with Crippen LogP contribution in [0.15, 0.2) is 24.3 Å². The molecule has 0 aromatic carbocycles. The van der Waals surface area contributed by atoms with Gasteiger partial charge in [0.05, 0.1) is 0 Å². The van der Waals surface area contributed by atoms with Gasteiger partial charge < -0.3 is 0 Å². The van der Waals surface area contributed by atoms with Gasteiger partial charge in [0, 0.05) is 0 Å². The summed E-state index contributed by atoms with van der Waals surface area (Å²) >= 11 is 0. The van der Waals surface area contributed by atoms with Crippen molar-refractivity contribution in [3.63, 3.8) is 0 Å². The lowest BCUT2D eigenvalue weighted by Crippen LogP contribution is -2.11. The SMILES string of the molecule is C=C1CC(C)CCC1C.C=C1CC(C)CCC1C. The minimum Gasteiger partial charge on any atom is -0.0996 e. The third-order valence-electron chi connectivity index (χ3n) is 4.80. The van der Waals surface area contributed by atoms with E-state index in [4.69, 9.17) is 0 Å². The Morgan fingerprint density at radius 2 is 1.00 bits per heavy atom. The summed E-state index contributed by atoms with van der Waals surface area (Å²) in [5.74, 6) is 3.38. The largest absolute Gasteiger partial charge is 0.0996 e. The van der Waals surface area contributed by atoms with Crippen molar-refractivity contribution in [3.8, 4) is 0 Å². The van der Waals surface area contributed by atoms with E-state index in [-0.39, 0.29) is 0 Å². The summed E-state index contributed by atoms with van der Waals surface area (Å²) < 4.78 is 0. The molecule has 0 N–H and O–H groups in total. The Kier molecular flexibility index (Phi) is 6.18. The molecule has 0 radical (unpaired) electrons. The van der Waals surface area contributed by atoms with Crippen molar-refractivity contribution in [3.05, 3.63) is 24.3 Å². The van der Waals surface area contributed by atoms with Gasteiger partial charge in [-0.1, -0.05) is 52.0 Å². The molecule has 2 saturated carbocycles. The Labute approximate surface area is 115 Å². The van der Waals surface area contributed by atoms with Gasteiger partial charge in [0.2, 0.25) is 0 Å². The average molecular weight is 248 g/mol. The second-order valence-corrected chi connectivity index (χ2v) is 6.89. The van der Waals surface area contributed by atoms with E-state index in [1.807, 2.05) is 0 Å². The molecular weight excluding hydrogens is 216 g/mol. The van der Waals surface area contributed by atoms with Gasteiger partial charge in [0.1, 0.15) is 0 Å². The van der Waals surface area contributed by atoms with Gasteiger partial charge in [-0.05, 0) is 62.2 Å². The molecule has 0 aromatic rings. The van der Waals surface area contributed by atoms with Crippen LogP contribution in [0.4, 0.5) is 0 Å². The van der Waals surface area contributed by atoms with E-state index in [2.05, 4.69) is 40.9 Å². The topological polar surface area (TPSA) is 0 Å². The zero-order chi connectivity index (χ0) is 13.7. The molecule has 0 saturated heterocycles. The second kappa shape index (κ2) is 7.16. The highest BCUT2D eigenvalue weighted by Crippen LogP contribution is 2.31. The molecule has 2 rings (SSSR count). The van der Waals surface area contributed by atoms with E-state index >= 15 is 0 Å². The van der Waals surface area contributed by atoms with Crippen LogP contribution >= 0.6 is 0 Å². The molecule has 2 aliphatic carbocycles. The van der Waals surface area contributed by atoms with E-state index in [0.29, 0.717) is 0 Å². The molecule has 2 aliphatic rings. The van der Waals surface area contributed by atoms with Gasteiger partial charge in [-0.15, -0.1) is 0 Å². The summed E-state index contributed by atoms with van der Waals surface area (Å²) in [4.78, 5) is 0. The summed E-state index contributed by atoms with van der Waals surface area (Å²) in [6.07, 6.45) is 8.06. The van der Waals surface area contributed by atoms with Crippen molar-refractivity contribution in [1.29, 1.82) is 0 Å². The smallest absolute Gasteiger partial charge is 0.0234 e. The fraction of sp³-hybridized carbons (Fsp3) is 0.778. The fourth-order valence-corrected chi connectivity index (χ4v) is 2.98. The quantitative estimate of drug-likeness (QED) is 0.461. The number of allylic oxidation sites excluding steroid dienone is 2. The maximum atomic E-state index is 4.05. The Bertz CT molecular complexity index is 256. The summed E-state index contributed by atoms with van der Waals surface area (Å²) in [5, 5.41) is 0. The first-order valence-corrected chi connectivity index (χ1v) is 7.75. The van der Waals surface area contributed by atoms with Crippen LogP contribution < -0.4 is 0 Å². The number of hydrogen-bond acceptors (Lipinski definition) is 0. The molecule has 0 nitrogen and oxygen atoms in total. The minimum absolute atomic E-state index is 0.793. The van der Waals surface area contributed by atoms with E-state index in [9.17, 15) is 0 Å². The van der Waals surface area contributed by atoms with Gasteiger partial charge in [0.25, 0.3) is 0 Å². The molecule has 0 spiro atoms. The lowest BCUT2D eigenvalue weighted by Gasteiger charge is -2.25. The first kappa shape index (κ1) is 15.5. The van der Waals surface area contributed by atoms with Crippen molar-refractivity contribution in [2.75, 3.05) is 0 Å². The number of rotatable bonds is 0. The highest BCUT2D eigenvalue weighted by molar-refractivity contribution is 5.03. The van der Waals surface area contributed by atoms with Gasteiger partial charge in [-0.25, -0.2) is 0 Å². The van der Waals surface area contributed by atoms with E-state index in [1.165, 1.54) is 49.7 Å². The van der Waals surface area contributed by atoms with Crippen LogP contribution in [0.25, 0.3) is 0 Å². The Balaban J connectivity index is 0.000000180. The summed E-state index contributed by atoms with van der Waals surface area (Å²) in [5.41, 5.74) is 2.93. The molecule has 4 unspecified atom stereocenters. The average Bonchev–Trinajstić information content (AvgIpc) is 2.30. The summed E-state index contributed by atoms with van der Waals surface area (Å²) in [6, 6.07) is 0. The lowest BCUT2D eigenvalue weighted by molar-refractivity contribution is 0.388. The third kappa shape index (κ3) is 5.00. The first-order chi connectivity index (χ1) is 8.40. The Hall–Kier alpha value is -0.520. The van der Waals surface area contributed by atoms with Crippen molar-refractivity contribution in [2.24, 2.45) is 23.7 Å². The van der Waals surface area contributed by atoms with E-state index < -0.39 is 0 Å². The summed E-state index contributed by atoms with van der Waals surface area (Å²) in [7, 11) is 0. The molecule has 0 amide bonds. The Morgan fingerprint density at radius 1 is 0.667 bits per heavy atom. The van der Waals surface area contributed by atoms with E-state index in [0.717, 1.165) is 23.7 Å². The molecule has 18 heavy (non-hydrogen) atoms. The molecule has 104 valence electrons. The van der Waals surface area contributed by atoms with Crippen LogP contribution in [-0.4, -0.2) is 0 Å². The normalized spacial score (nSPS) is 36.9. The highest BCUT2D eigenvalue weighted by Gasteiger charge is 2.17. The van der Waals surface area contributed by atoms with Crippen LogP contribution in [0.5, 0.6) is 0 Å². The maximum Gasteiger partial charge on any atom is -0.0234 e. The van der Waals surface area contributed by atoms with Gasteiger partial charge >= 0.3 is 0 Å². The van der Waals surface area contributed by atoms with Gasteiger partial charge in [-0.3, -0.25) is 0 Å². The third-order valence-corrected chi connectivity index (χ3v) is 4.80. The second-order valence-electron chi connectivity index (χ2n) is 6.89. The molecule has 0 aliphatic heterocycles. The molecule has 0 heterocycles.